The fourth-order valence-electron chi connectivity index (χ4n) is 5.18. The zero-order chi connectivity index (χ0) is 26.2. The van der Waals surface area contributed by atoms with Crippen molar-refractivity contribution in [1.29, 1.82) is 0 Å². The summed E-state index contributed by atoms with van der Waals surface area (Å²) >= 11 is 6.08. The van der Waals surface area contributed by atoms with E-state index in [1.165, 1.54) is 17.2 Å². The second kappa shape index (κ2) is 10.3. The summed E-state index contributed by atoms with van der Waals surface area (Å²) in [6, 6.07) is 17.0. The van der Waals surface area contributed by atoms with Crippen molar-refractivity contribution in [3.63, 3.8) is 0 Å². The molecule has 0 saturated carbocycles. The Hall–Kier alpha value is -3.20. The van der Waals surface area contributed by atoms with Crippen LogP contribution in [0.15, 0.2) is 60.2 Å². The summed E-state index contributed by atoms with van der Waals surface area (Å²) in [5.74, 6) is -0.116. The molecule has 192 valence electrons. The second-order valence-electron chi connectivity index (χ2n) is 9.49. The number of likely N-dealkylation sites (tertiary alicyclic amines) is 1. The highest BCUT2D eigenvalue weighted by molar-refractivity contribution is 7.81. The Balaban J connectivity index is 1.49. The van der Waals surface area contributed by atoms with E-state index >= 15 is 0 Å². The number of carbonyl (C=O) groups is 1. The van der Waals surface area contributed by atoms with Crippen molar-refractivity contribution in [3.05, 3.63) is 98.7 Å². The highest BCUT2D eigenvalue weighted by atomic mass is 35.5. The fraction of sp³-hybridized carbons (Fsp3) is 0.286. The van der Waals surface area contributed by atoms with E-state index in [0.717, 1.165) is 40.7 Å². The molecule has 1 N–H and O–H groups in total. The quantitative estimate of drug-likeness (QED) is 0.470. The first-order valence-corrected chi connectivity index (χ1v) is 13.9. The van der Waals surface area contributed by atoms with Crippen LogP contribution in [0.2, 0.25) is 5.02 Å². The van der Waals surface area contributed by atoms with Gasteiger partial charge in [-0.3, -0.25) is 9.35 Å². The summed E-state index contributed by atoms with van der Waals surface area (Å²) in [5, 5.41) is 0.613. The largest absolute Gasteiger partial charge is 0.447 e. The minimum Gasteiger partial charge on any atom is -0.342 e. The monoisotopic (exact) mass is 538 g/mol. The molecule has 37 heavy (non-hydrogen) atoms. The molecule has 0 bridgehead atoms. The number of aryl methyl sites for hydroxylation is 3. The third kappa shape index (κ3) is 5.87. The van der Waals surface area contributed by atoms with Crippen molar-refractivity contribution < 1.29 is 21.9 Å². The lowest BCUT2D eigenvalue weighted by atomic mass is 9.88. The number of hydrogen-bond donors (Lipinski definition) is 1. The Morgan fingerprint density at radius 1 is 1.03 bits per heavy atom. The number of pyridine rings is 1. The first-order valence-electron chi connectivity index (χ1n) is 12.2. The van der Waals surface area contributed by atoms with Gasteiger partial charge in [-0.1, -0.05) is 59.1 Å². The van der Waals surface area contributed by atoms with Crippen LogP contribution in [0.5, 0.6) is 5.88 Å². The first kappa shape index (κ1) is 25.4. The van der Waals surface area contributed by atoms with Crippen molar-refractivity contribution >= 4 is 33.5 Å². The second-order valence-corrected chi connectivity index (χ2v) is 11.0. The Morgan fingerprint density at radius 3 is 2.51 bits per heavy atom. The van der Waals surface area contributed by atoms with E-state index in [1.54, 1.807) is 6.07 Å². The van der Waals surface area contributed by atoms with E-state index in [2.05, 4.69) is 30.1 Å². The van der Waals surface area contributed by atoms with E-state index in [0.29, 0.717) is 43.1 Å². The van der Waals surface area contributed by atoms with Crippen LogP contribution in [0.3, 0.4) is 0 Å². The van der Waals surface area contributed by atoms with Crippen LogP contribution < -0.4 is 4.18 Å². The fourth-order valence-corrected chi connectivity index (χ4v) is 5.70. The van der Waals surface area contributed by atoms with Gasteiger partial charge in [0.05, 0.1) is 12.1 Å². The first-order chi connectivity index (χ1) is 17.7. The molecule has 0 atom stereocenters. The maximum Gasteiger partial charge on any atom is 0.447 e. The molecule has 1 aliphatic heterocycles. The average molecular weight is 539 g/mol. The van der Waals surface area contributed by atoms with Gasteiger partial charge in [0.2, 0.25) is 11.8 Å². The van der Waals surface area contributed by atoms with Crippen LogP contribution in [0.25, 0.3) is 5.57 Å². The van der Waals surface area contributed by atoms with Crippen molar-refractivity contribution in [2.75, 3.05) is 13.1 Å². The predicted molar refractivity (Wildman–Crippen MR) is 142 cm³/mol. The smallest absolute Gasteiger partial charge is 0.342 e. The molecular formula is C28H27ClN2O5S. The summed E-state index contributed by atoms with van der Waals surface area (Å²) < 4.78 is 36.6. The Morgan fingerprint density at radius 2 is 1.78 bits per heavy atom. The summed E-state index contributed by atoms with van der Waals surface area (Å²) in [7, 11) is -4.70. The van der Waals surface area contributed by atoms with Crippen LogP contribution in [0, 0.1) is 6.92 Å². The van der Waals surface area contributed by atoms with Gasteiger partial charge in [0, 0.05) is 29.8 Å². The van der Waals surface area contributed by atoms with Gasteiger partial charge in [-0.05, 0) is 67.0 Å². The van der Waals surface area contributed by atoms with Crippen LogP contribution in [0.1, 0.15) is 46.4 Å². The van der Waals surface area contributed by atoms with Gasteiger partial charge >= 0.3 is 10.4 Å². The highest BCUT2D eigenvalue weighted by Crippen LogP contribution is 2.39. The van der Waals surface area contributed by atoms with E-state index in [1.807, 2.05) is 29.2 Å². The Labute approximate surface area is 221 Å². The maximum absolute atomic E-state index is 13.0. The summed E-state index contributed by atoms with van der Waals surface area (Å²) in [4.78, 5) is 19.4. The molecule has 1 aliphatic carbocycles. The number of rotatable bonds is 4. The molecule has 1 saturated heterocycles. The van der Waals surface area contributed by atoms with Gasteiger partial charge in [-0.2, -0.15) is 8.42 Å². The predicted octanol–water partition coefficient (Wildman–Crippen LogP) is 4.99. The lowest BCUT2D eigenvalue weighted by Crippen LogP contribution is -2.37. The third-order valence-electron chi connectivity index (χ3n) is 6.89. The topological polar surface area (TPSA) is 96.8 Å². The normalized spacial score (nSPS) is 15.6. The number of halogens is 1. The maximum atomic E-state index is 13.0. The van der Waals surface area contributed by atoms with E-state index in [-0.39, 0.29) is 11.8 Å². The van der Waals surface area contributed by atoms with Gasteiger partial charge in [-0.15, -0.1) is 0 Å². The van der Waals surface area contributed by atoms with Gasteiger partial charge < -0.3 is 9.08 Å². The Kier molecular flexibility index (Phi) is 7.07. The standard InChI is InChI=1S/C28H27ClN2O5S/c1-18-5-9-24-22(15-18)7-6-21-8-10-25(36-37(33,34)35)30-28(21)27(24)20-11-13-31(14-12-20)26(32)17-19-3-2-4-23(29)16-19/h2-5,8-10,15-16H,6-7,11-14,17H2,1H3,(H,33,34,35). The minimum absolute atomic E-state index is 0.0607. The molecule has 1 aromatic heterocycles. The molecule has 0 spiro atoms. The van der Waals surface area contributed by atoms with Gasteiger partial charge in [0.1, 0.15) is 0 Å². The third-order valence-corrected chi connectivity index (χ3v) is 7.51. The SMILES string of the molecule is Cc1ccc2c(c1)CCc1ccc(OS(=O)(=O)O)nc1C2=C1CCN(C(=O)Cc2cccc(Cl)c2)CC1. The van der Waals surface area contributed by atoms with Crippen molar-refractivity contribution in [3.8, 4) is 5.88 Å². The van der Waals surface area contributed by atoms with Crippen LogP contribution in [-0.2, 0) is 34.5 Å². The molecule has 7 nitrogen and oxygen atoms in total. The molecular weight excluding hydrogens is 512 g/mol. The number of aromatic nitrogens is 1. The Bertz CT molecular complexity index is 1510. The average Bonchev–Trinajstić information content (AvgIpc) is 2.99. The molecule has 3 aromatic rings. The molecule has 9 heteroatoms. The molecule has 5 rings (SSSR count). The lowest BCUT2D eigenvalue weighted by Gasteiger charge is -2.30. The van der Waals surface area contributed by atoms with Gasteiger partial charge in [0.25, 0.3) is 0 Å². The van der Waals surface area contributed by atoms with E-state index in [9.17, 15) is 17.8 Å². The number of nitrogens with zero attached hydrogens (tertiary/aromatic N) is 2. The molecule has 2 aromatic carbocycles. The molecule has 0 unspecified atom stereocenters. The number of carbonyl (C=O) groups excluding carboxylic acids is 1. The zero-order valence-corrected chi connectivity index (χ0v) is 22.0. The number of fused-ring (bicyclic) bond motifs is 2. The summed E-state index contributed by atoms with van der Waals surface area (Å²) in [6.07, 6.45) is 3.22. The summed E-state index contributed by atoms with van der Waals surface area (Å²) in [6.45, 7) is 3.22. The van der Waals surface area contributed by atoms with Crippen LogP contribution in [-0.4, -0.2) is 41.9 Å². The van der Waals surface area contributed by atoms with Crippen LogP contribution >= 0.6 is 11.6 Å². The number of piperidine rings is 1. The van der Waals surface area contributed by atoms with Crippen molar-refractivity contribution in [1.82, 2.24) is 9.88 Å². The zero-order valence-electron chi connectivity index (χ0n) is 20.4. The molecule has 0 radical (unpaired) electrons. The number of benzene rings is 2. The number of amides is 1. The lowest BCUT2D eigenvalue weighted by molar-refractivity contribution is -0.130. The summed E-state index contributed by atoms with van der Waals surface area (Å²) in [5.41, 5.74) is 8.10. The van der Waals surface area contributed by atoms with Crippen molar-refractivity contribution in [2.45, 2.75) is 39.0 Å². The van der Waals surface area contributed by atoms with E-state index < -0.39 is 10.4 Å². The van der Waals surface area contributed by atoms with E-state index in [4.69, 9.17) is 15.8 Å². The highest BCUT2D eigenvalue weighted by Gasteiger charge is 2.27. The van der Waals surface area contributed by atoms with Crippen molar-refractivity contribution in [2.24, 2.45) is 0 Å². The van der Waals surface area contributed by atoms with Gasteiger partial charge in [-0.25, -0.2) is 4.98 Å². The van der Waals surface area contributed by atoms with Gasteiger partial charge in [0.15, 0.2) is 0 Å². The molecule has 1 fully saturated rings. The number of hydrogen-bond acceptors (Lipinski definition) is 5. The molecule has 1 amide bonds. The molecule has 2 heterocycles. The van der Waals surface area contributed by atoms with Crippen LogP contribution in [0.4, 0.5) is 0 Å². The minimum atomic E-state index is -4.70. The molecule has 2 aliphatic rings.